The quantitative estimate of drug-likeness (QED) is 0.795. The molecule has 0 aliphatic carbocycles. The van der Waals surface area contributed by atoms with Crippen molar-refractivity contribution in [2.24, 2.45) is 5.41 Å². The van der Waals surface area contributed by atoms with Crippen LogP contribution >= 0.6 is 0 Å². The van der Waals surface area contributed by atoms with Gasteiger partial charge in [0.2, 0.25) is 5.91 Å². The van der Waals surface area contributed by atoms with E-state index >= 15 is 0 Å². The summed E-state index contributed by atoms with van der Waals surface area (Å²) in [5.41, 5.74) is -0.134. The van der Waals surface area contributed by atoms with Crippen molar-refractivity contribution >= 4 is 5.91 Å². The molecule has 1 amide bonds. The average Bonchev–Trinajstić information content (AvgIpc) is 2.25. The summed E-state index contributed by atoms with van der Waals surface area (Å²) in [5, 5.41) is 3.32. The standard InChI is InChI=1S/C13H26N2O/c1-5-10-15(11(2)3)12(16)13(4)6-8-14-9-7-13/h11,14H,5-10H2,1-4H3. The first-order valence-electron chi connectivity index (χ1n) is 6.53. The highest BCUT2D eigenvalue weighted by Gasteiger charge is 2.37. The number of carbonyl (C=O) groups excluding carboxylic acids is 1. The lowest BCUT2D eigenvalue weighted by atomic mass is 9.79. The number of nitrogens with zero attached hydrogens (tertiary/aromatic N) is 1. The highest BCUT2D eigenvalue weighted by molar-refractivity contribution is 5.82. The van der Waals surface area contributed by atoms with Crippen LogP contribution in [0.25, 0.3) is 0 Å². The Balaban J connectivity index is 2.72. The molecule has 0 aromatic heterocycles. The first kappa shape index (κ1) is 13.5. The summed E-state index contributed by atoms with van der Waals surface area (Å²) in [5.74, 6) is 0.353. The molecule has 1 N–H and O–H groups in total. The number of hydrogen-bond donors (Lipinski definition) is 1. The van der Waals surface area contributed by atoms with Gasteiger partial charge in [-0.05, 0) is 46.2 Å². The first-order chi connectivity index (χ1) is 7.51. The van der Waals surface area contributed by atoms with Gasteiger partial charge in [0.05, 0.1) is 0 Å². The lowest BCUT2D eigenvalue weighted by Gasteiger charge is -2.39. The number of carbonyl (C=O) groups is 1. The molecule has 1 heterocycles. The van der Waals surface area contributed by atoms with Crippen molar-refractivity contribution in [2.45, 2.75) is 53.0 Å². The Kier molecular flexibility index (Phi) is 4.78. The molecular weight excluding hydrogens is 200 g/mol. The van der Waals surface area contributed by atoms with Gasteiger partial charge in [-0.2, -0.15) is 0 Å². The van der Waals surface area contributed by atoms with Crippen molar-refractivity contribution in [1.82, 2.24) is 10.2 Å². The van der Waals surface area contributed by atoms with Crippen LogP contribution in [0.4, 0.5) is 0 Å². The molecule has 1 aliphatic heterocycles. The fourth-order valence-electron chi connectivity index (χ4n) is 2.37. The topological polar surface area (TPSA) is 32.3 Å². The van der Waals surface area contributed by atoms with Crippen LogP contribution in [-0.2, 0) is 4.79 Å². The van der Waals surface area contributed by atoms with Crippen LogP contribution in [0.2, 0.25) is 0 Å². The first-order valence-corrected chi connectivity index (χ1v) is 6.53. The third kappa shape index (κ3) is 2.97. The molecule has 0 aromatic carbocycles. The van der Waals surface area contributed by atoms with Crippen LogP contribution in [-0.4, -0.2) is 36.5 Å². The monoisotopic (exact) mass is 226 g/mol. The number of amides is 1. The van der Waals surface area contributed by atoms with Crippen molar-refractivity contribution < 1.29 is 4.79 Å². The van der Waals surface area contributed by atoms with E-state index in [9.17, 15) is 4.79 Å². The Hall–Kier alpha value is -0.570. The maximum Gasteiger partial charge on any atom is 0.228 e. The SMILES string of the molecule is CCCN(C(=O)C1(C)CCNCC1)C(C)C. The summed E-state index contributed by atoms with van der Waals surface area (Å²) in [6, 6.07) is 0.319. The maximum atomic E-state index is 12.5. The molecule has 1 rings (SSSR count). The molecule has 1 fully saturated rings. The van der Waals surface area contributed by atoms with Crippen LogP contribution in [0.3, 0.4) is 0 Å². The van der Waals surface area contributed by atoms with Gasteiger partial charge in [0.1, 0.15) is 0 Å². The Morgan fingerprint density at radius 3 is 2.38 bits per heavy atom. The van der Waals surface area contributed by atoms with Gasteiger partial charge in [-0.1, -0.05) is 13.8 Å². The summed E-state index contributed by atoms with van der Waals surface area (Å²) in [4.78, 5) is 14.6. The lowest BCUT2D eigenvalue weighted by Crippen LogP contribution is -2.50. The van der Waals surface area contributed by atoms with Crippen molar-refractivity contribution in [3.63, 3.8) is 0 Å². The van der Waals surface area contributed by atoms with E-state index in [0.717, 1.165) is 38.9 Å². The second-order valence-corrected chi connectivity index (χ2v) is 5.40. The summed E-state index contributed by atoms with van der Waals surface area (Å²) < 4.78 is 0. The van der Waals surface area contributed by atoms with Gasteiger partial charge in [-0.15, -0.1) is 0 Å². The highest BCUT2D eigenvalue weighted by atomic mass is 16.2. The molecule has 0 atom stereocenters. The molecule has 0 saturated carbocycles. The molecule has 0 bridgehead atoms. The van der Waals surface area contributed by atoms with Crippen molar-refractivity contribution in [2.75, 3.05) is 19.6 Å². The van der Waals surface area contributed by atoms with Crippen LogP contribution in [0.15, 0.2) is 0 Å². The van der Waals surface area contributed by atoms with E-state index in [0.29, 0.717) is 11.9 Å². The van der Waals surface area contributed by atoms with Gasteiger partial charge in [0.25, 0.3) is 0 Å². The second-order valence-electron chi connectivity index (χ2n) is 5.40. The predicted octanol–water partition coefficient (Wildman–Crippen LogP) is 2.02. The van der Waals surface area contributed by atoms with E-state index in [1.54, 1.807) is 0 Å². The minimum absolute atomic E-state index is 0.134. The molecule has 3 nitrogen and oxygen atoms in total. The smallest absolute Gasteiger partial charge is 0.228 e. The van der Waals surface area contributed by atoms with E-state index in [1.807, 2.05) is 4.90 Å². The summed E-state index contributed by atoms with van der Waals surface area (Å²) >= 11 is 0. The largest absolute Gasteiger partial charge is 0.340 e. The molecular formula is C13H26N2O. The Morgan fingerprint density at radius 1 is 1.38 bits per heavy atom. The summed E-state index contributed by atoms with van der Waals surface area (Å²) in [6.07, 6.45) is 2.98. The molecule has 1 aliphatic rings. The van der Waals surface area contributed by atoms with Gasteiger partial charge in [-0.3, -0.25) is 4.79 Å². The Labute approximate surface area is 99.6 Å². The van der Waals surface area contributed by atoms with E-state index in [-0.39, 0.29) is 5.41 Å². The van der Waals surface area contributed by atoms with E-state index in [1.165, 1.54) is 0 Å². The maximum absolute atomic E-state index is 12.5. The fraction of sp³-hybridized carbons (Fsp3) is 0.923. The molecule has 0 aromatic rings. The van der Waals surface area contributed by atoms with E-state index in [4.69, 9.17) is 0 Å². The summed E-state index contributed by atoms with van der Waals surface area (Å²) in [6.45, 7) is 11.3. The minimum atomic E-state index is -0.134. The number of piperidine rings is 1. The highest BCUT2D eigenvalue weighted by Crippen LogP contribution is 2.31. The Morgan fingerprint density at radius 2 is 1.94 bits per heavy atom. The molecule has 0 spiro atoms. The van der Waals surface area contributed by atoms with E-state index in [2.05, 4.69) is 33.0 Å². The Bertz CT molecular complexity index is 232. The van der Waals surface area contributed by atoms with Crippen molar-refractivity contribution in [3.05, 3.63) is 0 Å². The normalized spacial score (nSPS) is 19.8. The lowest BCUT2D eigenvalue weighted by molar-refractivity contribution is -0.144. The number of hydrogen-bond acceptors (Lipinski definition) is 2. The molecule has 94 valence electrons. The van der Waals surface area contributed by atoms with Crippen molar-refractivity contribution in [3.8, 4) is 0 Å². The van der Waals surface area contributed by atoms with Crippen LogP contribution < -0.4 is 5.32 Å². The van der Waals surface area contributed by atoms with Gasteiger partial charge in [0, 0.05) is 18.0 Å². The zero-order valence-corrected chi connectivity index (χ0v) is 11.2. The van der Waals surface area contributed by atoms with Crippen molar-refractivity contribution in [1.29, 1.82) is 0 Å². The van der Waals surface area contributed by atoms with Gasteiger partial charge in [0.15, 0.2) is 0 Å². The van der Waals surface area contributed by atoms with Gasteiger partial charge in [-0.25, -0.2) is 0 Å². The van der Waals surface area contributed by atoms with E-state index < -0.39 is 0 Å². The average molecular weight is 226 g/mol. The third-order valence-corrected chi connectivity index (χ3v) is 3.57. The minimum Gasteiger partial charge on any atom is -0.340 e. The van der Waals surface area contributed by atoms with Gasteiger partial charge >= 0.3 is 0 Å². The van der Waals surface area contributed by atoms with Crippen LogP contribution in [0.5, 0.6) is 0 Å². The van der Waals surface area contributed by atoms with Crippen LogP contribution in [0, 0.1) is 5.41 Å². The predicted molar refractivity (Wildman–Crippen MR) is 67.4 cm³/mol. The molecule has 0 radical (unpaired) electrons. The molecule has 0 unspecified atom stereocenters. The molecule has 1 saturated heterocycles. The zero-order valence-electron chi connectivity index (χ0n) is 11.2. The molecule has 3 heteroatoms. The number of rotatable bonds is 4. The molecule has 16 heavy (non-hydrogen) atoms. The second kappa shape index (κ2) is 5.67. The zero-order chi connectivity index (χ0) is 12.2. The summed E-state index contributed by atoms with van der Waals surface area (Å²) in [7, 11) is 0. The van der Waals surface area contributed by atoms with Crippen LogP contribution in [0.1, 0.15) is 47.0 Å². The number of nitrogens with one attached hydrogen (secondary N) is 1. The fourth-order valence-corrected chi connectivity index (χ4v) is 2.37. The third-order valence-electron chi connectivity index (χ3n) is 3.57. The van der Waals surface area contributed by atoms with Gasteiger partial charge < -0.3 is 10.2 Å².